The zero-order valence-electron chi connectivity index (χ0n) is 11.1. The highest BCUT2D eigenvalue weighted by Gasteiger charge is 2.11. The molecule has 0 saturated carbocycles. The highest BCUT2D eigenvalue weighted by atomic mass is 35.5. The van der Waals surface area contributed by atoms with Crippen LogP contribution in [-0.2, 0) is 6.42 Å². The van der Waals surface area contributed by atoms with E-state index >= 15 is 0 Å². The van der Waals surface area contributed by atoms with Crippen molar-refractivity contribution in [1.29, 1.82) is 0 Å². The largest absolute Gasteiger partial charge is 0.370 e. The van der Waals surface area contributed by atoms with Crippen molar-refractivity contribution >= 4 is 23.3 Å². The summed E-state index contributed by atoms with van der Waals surface area (Å²) in [6, 6.07) is 1.65. The number of imidazole rings is 1. The summed E-state index contributed by atoms with van der Waals surface area (Å²) in [7, 11) is 0. The van der Waals surface area contributed by atoms with Gasteiger partial charge in [-0.3, -0.25) is 4.79 Å². The molecule has 0 spiro atoms. The second kappa shape index (κ2) is 6.91. The van der Waals surface area contributed by atoms with E-state index in [4.69, 9.17) is 11.6 Å². The van der Waals surface area contributed by atoms with Gasteiger partial charge in [0.15, 0.2) is 0 Å². The average molecular weight is 294 g/mol. The monoisotopic (exact) mass is 293 g/mol. The van der Waals surface area contributed by atoms with Crippen molar-refractivity contribution in [2.24, 2.45) is 0 Å². The van der Waals surface area contributed by atoms with Crippen molar-refractivity contribution in [3.63, 3.8) is 0 Å². The Morgan fingerprint density at radius 1 is 1.45 bits per heavy atom. The lowest BCUT2D eigenvalue weighted by Gasteiger charge is -2.08. The second-order valence-electron chi connectivity index (χ2n) is 4.12. The van der Waals surface area contributed by atoms with Gasteiger partial charge in [0, 0.05) is 38.1 Å². The minimum atomic E-state index is -0.219. The number of carbonyl (C=O) groups is 1. The predicted octanol–water partition coefficient (Wildman–Crippen LogP) is 1.86. The molecule has 0 radical (unpaired) electrons. The number of hydrogen-bond donors (Lipinski definition) is 3. The Morgan fingerprint density at radius 2 is 2.30 bits per heavy atom. The minimum Gasteiger partial charge on any atom is -0.370 e. The van der Waals surface area contributed by atoms with Crippen molar-refractivity contribution in [2.45, 2.75) is 13.3 Å². The third-order valence-electron chi connectivity index (χ3n) is 2.66. The van der Waals surface area contributed by atoms with Gasteiger partial charge in [-0.15, -0.1) is 0 Å². The summed E-state index contributed by atoms with van der Waals surface area (Å²) in [4.78, 5) is 23.2. The van der Waals surface area contributed by atoms with Crippen LogP contribution in [0.1, 0.15) is 23.1 Å². The molecule has 7 heteroatoms. The number of hydrogen-bond acceptors (Lipinski definition) is 4. The van der Waals surface area contributed by atoms with Gasteiger partial charge in [-0.2, -0.15) is 0 Å². The third-order valence-corrected chi connectivity index (χ3v) is 2.96. The highest BCUT2D eigenvalue weighted by molar-refractivity contribution is 6.33. The van der Waals surface area contributed by atoms with Gasteiger partial charge in [-0.25, -0.2) is 9.97 Å². The van der Waals surface area contributed by atoms with Gasteiger partial charge in [0.2, 0.25) is 0 Å². The first-order valence-electron chi connectivity index (χ1n) is 6.36. The quantitative estimate of drug-likeness (QED) is 0.759. The van der Waals surface area contributed by atoms with Crippen molar-refractivity contribution in [3.05, 3.63) is 41.1 Å². The van der Waals surface area contributed by atoms with Crippen LogP contribution in [0.3, 0.4) is 0 Å². The molecule has 0 aliphatic rings. The van der Waals surface area contributed by atoms with Gasteiger partial charge in [0.05, 0.1) is 10.6 Å². The number of amides is 1. The summed E-state index contributed by atoms with van der Waals surface area (Å²) < 4.78 is 0. The molecule has 2 rings (SSSR count). The first-order valence-corrected chi connectivity index (χ1v) is 6.74. The smallest absolute Gasteiger partial charge is 0.253 e. The number of aromatic nitrogens is 3. The average Bonchev–Trinajstić information content (AvgIpc) is 2.94. The Balaban J connectivity index is 1.95. The van der Waals surface area contributed by atoms with Crippen LogP contribution in [0, 0.1) is 0 Å². The molecule has 20 heavy (non-hydrogen) atoms. The normalized spacial score (nSPS) is 10.3. The van der Waals surface area contributed by atoms with Gasteiger partial charge in [-0.05, 0) is 13.0 Å². The van der Waals surface area contributed by atoms with Gasteiger partial charge in [0.1, 0.15) is 11.6 Å². The van der Waals surface area contributed by atoms with Gasteiger partial charge < -0.3 is 15.6 Å². The van der Waals surface area contributed by atoms with Crippen LogP contribution in [0.2, 0.25) is 5.02 Å². The molecule has 6 nitrogen and oxygen atoms in total. The van der Waals surface area contributed by atoms with Crippen LogP contribution in [-0.4, -0.2) is 33.9 Å². The zero-order chi connectivity index (χ0) is 14.4. The standard InChI is InChI=1S/C13H16ClN5O/c1-2-15-12-7-9(10(14)8-19-12)13(20)18-4-3-11-16-5-6-17-11/h5-8H,2-4H2,1H3,(H,15,19)(H,16,17)(H,18,20). The van der Waals surface area contributed by atoms with Crippen molar-refractivity contribution < 1.29 is 4.79 Å². The lowest BCUT2D eigenvalue weighted by molar-refractivity contribution is 0.0954. The first kappa shape index (κ1) is 14.3. The first-order chi connectivity index (χ1) is 9.70. The maximum Gasteiger partial charge on any atom is 0.253 e. The van der Waals surface area contributed by atoms with Crippen LogP contribution in [0.25, 0.3) is 0 Å². The summed E-state index contributed by atoms with van der Waals surface area (Å²) in [6.45, 7) is 3.18. The number of halogens is 1. The molecule has 2 aromatic heterocycles. The summed E-state index contributed by atoms with van der Waals surface area (Å²) in [5, 5.41) is 6.19. The molecular weight excluding hydrogens is 278 g/mol. The fraction of sp³-hybridized carbons (Fsp3) is 0.308. The SMILES string of the molecule is CCNc1cc(C(=O)NCCc2ncc[nH]2)c(Cl)cn1. The van der Waals surface area contributed by atoms with E-state index in [0.717, 1.165) is 12.4 Å². The molecule has 0 aromatic carbocycles. The van der Waals surface area contributed by atoms with E-state index in [1.807, 2.05) is 6.92 Å². The van der Waals surface area contributed by atoms with Gasteiger partial charge >= 0.3 is 0 Å². The van der Waals surface area contributed by atoms with Crippen LogP contribution in [0.15, 0.2) is 24.7 Å². The lowest BCUT2D eigenvalue weighted by Crippen LogP contribution is -2.26. The Hall–Kier alpha value is -2.08. The number of rotatable bonds is 6. The number of H-pyrrole nitrogens is 1. The van der Waals surface area contributed by atoms with E-state index < -0.39 is 0 Å². The summed E-state index contributed by atoms with van der Waals surface area (Å²) in [5.74, 6) is 1.25. The molecule has 106 valence electrons. The number of aromatic amines is 1. The zero-order valence-corrected chi connectivity index (χ0v) is 11.9. The summed E-state index contributed by atoms with van der Waals surface area (Å²) in [6.07, 6.45) is 5.54. The van der Waals surface area contributed by atoms with Gasteiger partial charge in [-0.1, -0.05) is 11.6 Å². The van der Waals surface area contributed by atoms with E-state index in [-0.39, 0.29) is 5.91 Å². The number of pyridine rings is 1. The fourth-order valence-electron chi connectivity index (χ4n) is 1.71. The molecule has 0 atom stereocenters. The topological polar surface area (TPSA) is 82.7 Å². The van der Waals surface area contributed by atoms with Crippen LogP contribution in [0.5, 0.6) is 0 Å². The Morgan fingerprint density at radius 3 is 3.00 bits per heavy atom. The van der Waals surface area contributed by atoms with Crippen molar-refractivity contribution in [1.82, 2.24) is 20.3 Å². The number of carbonyl (C=O) groups excluding carboxylic acids is 1. The summed E-state index contributed by atoms with van der Waals surface area (Å²) >= 11 is 6.00. The molecule has 0 aliphatic heterocycles. The fourth-order valence-corrected chi connectivity index (χ4v) is 1.90. The molecule has 0 fully saturated rings. The molecule has 2 aromatic rings. The van der Waals surface area contributed by atoms with Crippen molar-refractivity contribution in [2.75, 3.05) is 18.4 Å². The van der Waals surface area contributed by atoms with E-state index in [0.29, 0.717) is 29.4 Å². The molecule has 0 saturated heterocycles. The highest BCUT2D eigenvalue weighted by Crippen LogP contribution is 2.17. The van der Waals surface area contributed by atoms with Crippen LogP contribution < -0.4 is 10.6 Å². The molecule has 0 aliphatic carbocycles. The van der Waals surface area contributed by atoms with Gasteiger partial charge in [0.25, 0.3) is 5.91 Å². The third kappa shape index (κ3) is 3.71. The molecule has 3 N–H and O–H groups in total. The van der Waals surface area contributed by atoms with E-state index in [9.17, 15) is 4.79 Å². The van der Waals surface area contributed by atoms with E-state index in [1.165, 1.54) is 6.20 Å². The summed E-state index contributed by atoms with van der Waals surface area (Å²) in [5.41, 5.74) is 0.414. The number of anilines is 1. The molecular formula is C13H16ClN5O. The minimum absolute atomic E-state index is 0.219. The molecule has 1 amide bonds. The molecule has 0 bridgehead atoms. The Kier molecular flexibility index (Phi) is 4.95. The maximum atomic E-state index is 12.1. The van der Waals surface area contributed by atoms with E-state index in [1.54, 1.807) is 18.5 Å². The van der Waals surface area contributed by atoms with Crippen LogP contribution >= 0.6 is 11.6 Å². The molecule has 2 heterocycles. The van der Waals surface area contributed by atoms with Crippen molar-refractivity contribution in [3.8, 4) is 0 Å². The lowest BCUT2D eigenvalue weighted by atomic mass is 10.2. The van der Waals surface area contributed by atoms with E-state index in [2.05, 4.69) is 25.6 Å². The Labute approximate surface area is 122 Å². The molecule has 0 unspecified atom stereocenters. The number of nitrogens with one attached hydrogen (secondary N) is 3. The predicted molar refractivity (Wildman–Crippen MR) is 78.0 cm³/mol. The van der Waals surface area contributed by atoms with Crippen LogP contribution in [0.4, 0.5) is 5.82 Å². The maximum absolute atomic E-state index is 12.1. The second-order valence-corrected chi connectivity index (χ2v) is 4.53. The number of nitrogens with zero attached hydrogens (tertiary/aromatic N) is 2. The Bertz CT molecular complexity index is 570.